The Kier molecular flexibility index (Phi) is 6.17. The van der Waals surface area contributed by atoms with E-state index in [-0.39, 0.29) is 18.5 Å². The molecule has 1 aliphatic carbocycles. The lowest BCUT2D eigenvalue weighted by Crippen LogP contribution is -2.40. The highest BCUT2D eigenvalue weighted by molar-refractivity contribution is 7.80. The van der Waals surface area contributed by atoms with E-state index in [2.05, 4.69) is 17.4 Å². The van der Waals surface area contributed by atoms with Gasteiger partial charge in [-0.3, -0.25) is 9.79 Å². The summed E-state index contributed by atoms with van der Waals surface area (Å²) in [5.41, 5.74) is 3.85. The quantitative estimate of drug-likeness (QED) is 0.510. The predicted molar refractivity (Wildman–Crippen MR) is 133 cm³/mol. The zero-order chi connectivity index (χ0) is 22.6. The number of ether oxygens (including phenoxy) is 2. The van der Waals surface area contributed by atoms with Crippen molar-refractivity contribution in [3.63, 3.8) is 0 Å². The molecule has 1 unspecified atom stereocenters. The average Bonchev–Trinajstić information content (AvgIpc) is 3.31. The van der Waals surface area contributed by atoms with Crippen molar-refractivity contribution in [2.45, 2.75) is 25.3 Å². The number of rotatable bonds is 5. The van der Waals surface area contributed by atoms with Crippen molar-refractivity contribution in [2.75, 3.05) is 12.1 Å². The van der Waals surface area contributed by atoms with Crippen molar-refractivity contribution in [1.82, 2.24) is 0 Å². The van der Waals surface area contributed by atoms with E-state index in [9.17, 15) is 4.79 Å². The molecule has 0 saturated heterocycles. The molecule has 0 amide bonds. The van der Waals surface area contributed by atoms with Crippen LogP contribution in [0.15, 0.2) is 83.9 Å². The van der Waals surface area contributed by atoms with Gasteiger partial charge in [0.1, 0.15) is 11.7 Å². The van der Waals surface area contributed by atoms with Crippen LogP contribution in [-0.2, 0) is 11.3 Å². The molecule has 1 saturated carbocycles. The Hall–Kier alpha value is -3.51. The molecular weight excluding hydrogens is 432 g/mol. The molecule has 0 aromatic heterocycles. The number of nitrogens with one attached hydrogen (secondary N) is 1. The number of hydrogen-bond acceptors (Lipinski definition) is 5. The molecule has 0 radical (unpaired) electrons. The Morgan fingerprint density at radius 3 is 2.45 bits per heavy atom. The van der Waals surface area contributed by atoms with Gasteiger partial charge in [0.2, 0.25) is 6.79 Å². The largest absolute Gasteiger partial charge is 0.454 e. The second-order valence-corrected chi connectivity index (χ2v) is 8.71. The van der Waals surface area contributed by atoms with E-state index in [1.807, 2.05) is 66.7 Å². The van der Waals surface area contributed by atoms with Gasteiger partial charge in [0.05, 0.1) is 11.5 Å². The smallest absolute Gasteiger partial charge is 0.231 e. The molecule has 166 valence electrons. The first-order chi connectivity index (χ1) is 16.2. The van der Waals surface area contributed by atoms with Crippen LogP contribution in [0.3, 0.4) is 0 Å². The van der Waals surface area contributed by atoms with Gasteiger partial charge >= 0.3 is 0 Å². The van der Waals surface area contributed by atoms with E-state index in [1.165, 1.54) is 0 Å². The van der Waals surface area contributed by atoms with Crippen LogP contribution in [0.25, 0.3) is 0 Å². The van der Waals surface area contributed by atoms with Crippen molar-refractivity contribution in [3.8, 4) is 11.5 Å². The van der Waals surface area contributed by atoms with Crippen molar-refractivity contribution in [3.05, 3.63) is 90.0 Å². The minimum atomic E-state index is -0.519. The van der Waals surface area contributed by atoms with Gasteiger partial charge in [0.25, 0.3) is 0 Å². The second-order valence-electron chi connectivity index (χ2n) is 8.27. The summed E-state index contributed by atoms with van der Waals surface area (Å²) in [4.78, 5) is 18.8. The molecule has 0 spiro atoms. The first-order valence-corrected chi connectivity index (χ1v) is 11.4. The number of thiocarbonyl (C=S) groups is 1. The van der Waals surface area contributed by atoms with Gasteiger partial charge in [0, 0.05) is 17.8 Å². The average molecular weight is 457 g/mol. The fourth-order valence-electron chi connectivity index (χ4n) is 4.37. The minimum absolute atomic E-state index is 0.102. The van der Waals surface area contributed by atoms with Crippen molar-refractivity contribution >= 4 is 34.4 Å². The predicted octanol–water partition coefficient (Wildman–Crippen LogP) is 5.56. The third-order valence-electron chi connectivity index (χ3n) is 6.03. The van der Waals surface area contributed by atoms with Gasteiger partial charge in [-0.25, -0.2) is 0 Å². The minimum Gasteiger partial charge on any atom is -0.454 e. The monoisotopic (exact) mass is 456 g/mol. The third-order valence-corrected chi connectivity index (χ3v) is 6.37. The summed E-state index contributed by atoms with van der Waals surface area (Å²) in [6.45, 7) is 0.688. The maximum Gasteiger partial charge on any atom is 0.231 e. The summed E-state index contributed by atoms with van der Waals surface area (Å²) in [5, 5.41) is 3.25. The number of benzene rings is 3. The maximum absolute atomic E-state index is 13.3. The summed E-state index contributed by atoms with van der Waals surface area (Å²) in [7, 11) is 0. The van der Waals surface area contributed by atoms with E-state index in [1.54, 1.807) is 0 Å². The molecule has 3 aromatic carbocycles. The van der Waals surface area contributed by atoms with E-state index < -0.39 is 5.92 Å². The first-order valence-electron chi connectivity index (χ1n) is 11.0. The topological polar surface area (TPSA) is 59.9 Å². The number of fused-ring (bicyclic) bond motifs is 1. The van der Waals surface area contributed by atoms with Crippen molar-refractivity contribution in [1.29, 1.82) is 0 Å². The fourth-order valence-corrected chi connectivity index (χ4v) is 4.76. The van der Waals surface area contributed by atoms with Crippen LogP contribution in [-0.4, -0.2) is 23.3 Å². The molecule has 6 heteroatoms. The van der Waals surface area contributed by atoms with Crippen molar-refractivity contribution < 1.29 is 14.3 Å². The number of Topliss-reactive ketones (excluding diaryl/α,β-unsaturated/α-hetero) is 1. The number of anilines is 1. The summed E-state index contributed by atoms with van der Waals surface area (Å²) < 4.78 is 10.9. The van der Waals surface area contributed by atoms with Crippen LogP contribution in [0.4, 0.5) is 5.69 Å². The normalized spacial score (nSPS) is 20.6. The SMILES string of the molecule is O=C1C[C@@H](c2ccccc2)CC(=NCc2ccc3c(c2)OCO3)C1C(=S)Nc1ccccc1. The number of nitrogens with zero attached hydrogens (tertiary/aromatic N) is 1. The van der Waals surface area contributed by atoms with Gasteiger partial charge in [-0.1, -0.05) is 66.8 Å². The highest BCUT2D eigenvalue weighted by Crippen LogP contribution is 2.35. The number of para-hydroxylation sites is 1. The number of hydrogen-bond donors (Lipinski definition) is 1. The van der Waals surface area contributed by atoms with Gasteiger partial charge in [-0.2, -0.15) is 0 Å². The van der Waals surface area contributed by atoms with Crippen LogP contribution in [0.5, 0.6) is 11.5 Å². The molecule has 33 heavy (non-hydrogen) atoms. The molecule has 3 aromatic rings. The molecule has 1 heterocycles. The lowest BCUT2D eigenvalue weighted by Gasteiger charge is -2.30. The Balaban J connectivity index is 1.42. The fraction of sp³-hybridized carbons (Fsp3) is 0.222. The number of carbonyl (C=O) groups excluding carboxylic acids is 1. The molecule has 2 aliphatic rings. The van der Waals surface area contributed by atoms with Crippen LogP contribution in [0.2, 0.25) is 0 Å². The lowest BCUT2D eigenvalue weighted by atomic mass is 9.76. The van der Waals surface area contributed by atoms with Crippen LogP contribution >= 0.6 is 12.2 Å². The zero-order valence-corrected chi connectivity index (χ0v) is 18.9. The molecule has 5 rings (SSSR count). The number of ketones is 1. The molecule has 0 bridgehead atoms. The summed E-state index contributed by atoms with van der Waals surface area (Å²) in [6.07, 6.45) is 1.15. The van der Waals surface area contributed by atoms with Gasteiger partial charge in [-0.05, 0) is 47.7 Å². The van der Waals surface area contributed by atoms with Crippen LogP contribution in [0.1, 0.15) is 29.9 Å². The van der Waals surface area contributed by atoms with E-state index >= 15 is 0 Å². The summed E-state index contributed by atoms with van der Waals surface area (Å²) in [5.74, 6) is 1.16. The summed E-state index contributed by atoms with van der Waals surface area (Å²) in [6, 6.07) is 25.7. The van der Waals surface area contributed by atoms with E-state index in [0.29, 0.717) is 24.4 Å². The standard InChI is InChI=1S/C27H24N2O3S/c30-23-15-20(19-7-3-1-4-8-19)14-22(26(23)27(33)29-21-9-5-2-6-10-21)28-16-18-11-12-24-25(13-18)32-17-31-24/h1-13,20,26H,14-17H2,(H,29,33)/t20-,26?/m0/s1. The molecule has 1 N–H and O–H groups in total. The first kappa shape index (κ1) is 21.3. The van der Waals surface area contributed by atoms with Crippen molar-refractivity contribution in [2.24, 2.45) is 10.9 Å². The van der Waals surface area contributed by atoms with Gasteiger partial charge < -0.3 is 14.8 Å². The Bertz CT molecular complexity index is 1190. The summed E-state index contributed by atoms with van der Waals surface area (Å²) >= 11 is 5.71. The maximum atomic E-state index is 13.3. The number of carbonyl (C=O) groups is 1. The zero-order valence-electron chi connectivity index (χ0n) is 18.1. The van der Waals surface area contributed by atoms with Crippen LogP contribution < -0.4 is 14.8 Å². The lowest BCUT2D eigenvalue weighted by molar-refractivity contribution is -0.120. The molecule has 1 aliphatic heterocycles. The Labute approximate surface area is 198 Å². The molecule has 2 atom stereocenters. The number of aliphatic imine (C=N–C) groups is 1. The van der Waals surface area contributed by atoms with Gasteiger partial charge in [0.15, 0.2) is 11.5 Å². The van der Waals surface area contributed by atoms with Crippen LogP contribution in [0, 0.1) is 5.92 Å². The highest BCUT2D eigenvalue weighted by Gasteiger charge is 2.37. The Morgan fingerprint density at radius 2 is 1.67 bits per heavy atom. The Morgan fingerprint density at radius 1 is 0.939 bits per heavy atom. The molecular formula is C27H24N2O3S. The molecule has 1 fully saturated rings. The second kappa shape index (κ2) is 9.55. The highest BCUT2D eigenvalue weighted by atomic mass is 32.1. The van der Waals surface area contributed by atoms with Gasteiger partial charge in [-0.15, -0.1) is 0 Å². The molecule has 5 nitrogen and oxygen atoms in total. The third kappa shape index (κ3) is 4.81. The van der Waals surface area contributed by atoms with E-state index in [0.717, 1.165) is 34.0 Å². The van der Waals surface area contributed by atoms with E-state index in [4.69, 9.17) is 26.7 Å².